The van der Waals surface area contributed by atoms with Crippen molar-refractivity contribution in [3.63, 3.8) is 0 Å². The zero-order chi connectivity index (χ0) is 11.8. The maximum Gasteiger partial charge on any atom is 0.307 e. The van der Waals surface area contributed by atoms with Crippen LogP contribution in [0.1, 0.15) is 18.4 Å². The van der Waals surface area contributed by atoms with Gasteiger partial charge >= 0.3 is 5.97 Å². The van der Waals surface area contributed by atoms with Crippen molar-refractivity contribution in [1.29, 1.82) is 0 Å². The molecule has 0 atom stereocenters. The minimum absolute atomic E-state index is 0.0278. The highest BCUT2D eigenvalue weighted by Gasteiger charge is 2.01. The number of carboxylic acids is 1. The Bertz CT molecular complexity index is 339. The normalized spacial score (nSPS) is 10.1. The average Bonchev–Trinajstić information content (AvgIpc) is 2.24. The number of benzene rings is 1. The molecule has 0 radical (unpaired) electrons. The van der Waals surface area contributed by atoms with E-state index in [0.717, 1.165) is 24.2 Å². The molecule has 0 aliphatic carbocycles. The summed E-state index contributed by atoms with van der Waals surface area (Å²) >= 11 is 0. The molecule has 1 rings (SSSR count). The maximum absolute atomic E-state index is 10.5. The van der Waals surface area contributed by atoms with Gasteiger partial charge in [-0.25, -0.2) is 0 Å². The van der Waals surface area contributed by atoms with E-state index in [9.17, 15) is 4.79 Å². The largest absolute Gasteiger partial charge is 0.494 e. The molecule has 0 amide bonds. The second-order valence-corrected chi connectivity index (χ2v) is 3.56. The Labute approximate surface area is 95.0 Å². The lowest BCUT2D eigenvalue weighted by Crippen LogP contribution is -2.04. The Balaban J connectivity index is 2.44. The van der Waals surface area contributed by atoms with E-state index in [1.807, 2.05) is 6.07 Å². The summed E-state index contributed by atoms with van der Waals surface area (Å²) in [5.74, 6) is -0.115. The predicted octanol–water partition coefficient (Wildman–Crippen LogP) is 1.43. The van der Waals surface area contributed by atoms with Crippen LogP contribution in [0.3, 0.4) is 0 Å². The molecular formula is C12H17NO3. The number of nitrogens with two attached hydrogens (primary N) is 1. The smallest absolute Gasteiger partial charge is 0.307 e. The van der Waals surface area contributed by atoms with Crippen molar-refractivity contribution >= 4 is 5.97 Å². The molecule has 4 nitrogen and oxygen atoms in total. The summed E-state index contributed by atoms with van der Waals surface area (Å²) in [6.45, 7) is 1.29. The first-order chi connectivity index (χ1) is 7.72. The van der Waals surface area contributed by atoms with E-state index in [4.69, 9.17) is 15.6 Å². The van der Waals surface area contributed by atoms with Crippen molar-refractivity contribution in [3.8, 4) is 5.75 Å². The molecule has 0 saturated heterocycles. The molecular weight excluding hydrogens is 206 g/mol. The third-order valence-corrected chi connectivity index (χ3v) is 2.12. The third-order valence-electron chi connectivity index (χ3n) is 2.12. The Morgan fingerprint density at radius 2 is 2.19 bits per heavy atom. The number of carbonyl (C=O) groups is 1. The molecule has 0 fully saturated rings. The van der Waals surface area contributed by atoms with Gasteiger partial charge in [0.05, 0.1) is 13.0 Å². The van der Waals surface area contributed by atoms with Gasteiger partial charge in [-0.3, -0.25) is 4.79 Å². The van der Waals surface area contributed by atoms with E-state index in [2.05, 4.69) is 0 Å². The minimum atomic E-state index is -0.833. The second kappa shape index (κ2) is 6.85. The molecule has 0 aliphatic rings. The first kappa shape index (κ1) is 12.5. The van der Waals surface area contributed by atoms with Gasteiger partial charge in [-0.1, -0.05) is 12.1 Å². The molecule has 0 aliphatic heterocycles. The van der Waals surface area contributed by atoms with Crippen LogP contribution in [0.5, 0.6) is 5.75 Å². The van der Waals surface area contributed by atoms with Crippen LogP contribution in [-0.2, 0) is 11.2 Å². The minimum Gasteiger partial charge on any atom is -0.494 e. The molecule has 0 heterocycles. The summed E-state index contributed by atoms with van der Waals surface area (Å²) in [7, 11) is 0. The summed E-state index contributed by atoms with van der Waals surface area (Å²) in [5.41, 5.74) is 6.12. The van der Waals surface area contributed by atoms with Crippen molar-refractivity contribution in [2.45, 2.75) is 19.3 Å². The van der Waals surface area contributed by atoms with Crippen molar-refractivity contribution in [1.82, 2.24) is 0 Å². The SMILES string of the molecule is NCCCCOc1cccc(CC(=O)O)c1. The standard InChI is InChI=1S/C12H17NO3/c13-6-1-2-7-16-11-5-3-4-10(8-11)9-12(14)15/h3-5,8H,1-2,6-7,9,13H2,(H,14,15). The van der Waals surface area contributed by atoms with Crippen LogP contribution in [0.15, 0.2) is 24.3 Å². The van der Waals surface area contributed by atoms with Gasteiger partial charge in [0.1, 0.15) is 5.75 Å². The number of carboxylic acid groups (broad SMARTS) is 1. The van der Waals surface area contributed by atoms with Crippen LogP contribution in [0.4, 0.5) is 0 Å². The van der Waals surface area contributed by atoms with Gasteiger partial charge < -0.3 is 15.6 Å². The van der Waals surface area contributed by atoms with Gasteiger partial charge in [0.15, 0.2) is 0 Å². The van der Waals surface area contributed by atoms with Gasteiger partial charge in [-0.15, -0.1) is 0 Å². The van der Waals surface area contributed by atoms with Crippen molar-refractivity contribution in [3.05, 3.63) is 29.8 Å². The Morgan fingerprint density at radius 1 is 1.38 bits per heavy atom. The molecule has 4 heteroatoms. The third kappa shape index (κ3) is 4.79. The lowest BCUT2D eigenvalue weighted by atomic mass is 10.1. The highest BCUT2D eigenvalue weighted by Crippen LogP contribution is 2.14. The van der Waals surface area contributed by atoms with E-state index in [0.29, 0.717) is 13.2 Å². The van der Waals surface area contributed by atoms with Crippen LogP contribution < -0.4 is 10.5 Å². The molecule has 0 aromatic heterocycles. The monoisotopic (exact) mass is 223 g/mol. The molecule has 88 valence electrons. The predicted molar refractivity (Wildman–Crippen MR) is 61.6 cm³/mol. The van der Waals surface area contributed by atoms with Gasteiger partial charge in [0, 0.05) is 0 Å². The van der Waals surface area contributed by atoms with Crippen LogP contribution in [0, 0.1) is 0 Å². The number of hydrogen-bond donors (Lipinski definition) is 2. The fourth-order valence-corrected chi connectivity index (χ4v) is 1.36. The van der Waals surface area contributed by atoms with Gasteiger partial charge in [-0.2, -0.15) is 0 Å². The van der Waals surface area contributed by atoms with Crippen LogP contribution >= 0.6 is 0 Å². The molecule has 0 unspecified atom stereocenters. The summed E-state index contributed by atoms with van der Waals surface area (Å²) in [6.07, 6.45) is 1.88. The zero-order valence-corrected chi connectivity index (χ0v) is 9.19. The topological polar surface area (TPSA) is 72.5 Å². The van der Waals surface area contributed by atoms with Crippen molar-refractivity contribution in [2.24, 2.45) is 5.73 Å². The summed E-state index contributed by atoms with van der Waals surface area (Å²) in [6, 6.07) is 7.17. The number of ether oxygens (including phenoxy) is 1. The van der Waals surface area contributed by atoms with E-state index in [-0.39, 0.29) is 6.42 Å². The number of rotatable bonds is 7. The Kier molecular flexibility index (Phi) is 5.36. The fourth-order valence-electron chi connectivity index (χ4n) is 1.36. The molecule has 0 saturated carbocycles. The molecule has 1 aromatic carbocycles. The van der Waals surface area contributed by atoms with Gasteiger partial charge in [0.25, 0.3) is 0 Å². The lowest BCUT2D eigenvalue weighted by Gasteiger charge is -2.06. The van der Waals surface area contributed by atoms with E-state index in [1.165, 1.54) is 0 Å². The van der Waals surface area contributed by atoms with Crippen molar-refractivity contribution < 1.29 is 14.6 Å². The highest BCUT2D eigenvalue weighted by molar-refractivity contribution is 5.70. The molecule has 0 bridgehead atoms. The molecule has 0 spiro atoms. The second-order valence-electron chi connectivity index (χ2n) is 3.56. The van der Waals surface area contributed by atoms with Gasteiger partial charge in [-0.05, 0) is 37.1 Å². The van der Waals surface area contributed by atoms with E-state index in [1.54, 1.807) is 18.2 Å². The van der Waals surface area contributed by atoms with Crippen LogP contribution in [0.25, 0.3) is 0 Å². The lowest BCUT2D eigenvalue weighted by molar-refractivity contribution is -0.136. The highest BCUT2D eigenvalue weighted by atomic mass is 16.5. The summed E-state index contributed by atoms with van der Waals surface area (Å²) < 4.78 is 5.48. The average molecular weight is 223 g/mol. The zero-order valence-electron chi connectivity index (χ0n) is 9.19. The molecule has 16 heavy (non-hydrogen) atoms. The first-order valence-corrected chi connectivity index (χ1v) is 5.36. The van der Waals surface area contributed by atoms with E-state index >= 15 is 0 Å². The maximum atomic E-state index is 10.5. The summed E-state index contributed by atoms with van der Waals surface area (Å²) in [5, 5.41) is 8.65. The van der Waals surface area contributed by atoms with Crippen LogP contribution in [-0.4, -0.2) is 24.2 Å². The van der Waals surface area contributed by atoms with Gasteiger partial charge in [0.2, 0.25) is 0 Å². The van der Waals surface area contributed by atoms with Crippen molar-refractivity contribution in [2.75, 3.05) is 13.2 Å². The first-order valence-electron chi connectivity index (χ1n) is 5.36. The van der Waals surface area contributed by atoms with Crippen LogP contribution in [0.2, 0.25) is 0 Å². The number of aliphatic carboxylic acids is 1. The number of hydrogen-bond acceptors (Lipinski definition) is 3. The molecule has 1 aromatic rings. The van der Waals surface area contributed by atoms with E-state index < -0.39 is 5.97 Å². The fraction of sp³-hybridized carbons (Fsp3) is 0.417. The Hall–Kier alpha value is -1.55. The number of unbranched alkanes of at least 4 members (excludes halogenated alkanes) is 1. The summed E-state index contributed by atoms with van der Waals surface area (Å²) in [4.78, 5) is 10.5. The molecule has 3 N–H and O–H groups in total. The Morgan fingerprint density at radius 3 is 2.88 bits per heavy atom. The quantitative estimate of drug-likeness (QED) is 0.686.